The largest absolute Gasteiger partial charge is 0.456 e. The van der Waals surface area contributed by atoms with Crippen molar-refractivity contribution >= 4 is 21.9 Å². The molecule has 0 radical (unpaired) electrons. The second kappa shape index (κ2) is 7.70. The molecule has 0 aliphatic heterocycles. The molecular formula is C16H22O6S. The highest BCUT2D eigenvalue weighted by Gasteiger charge is 2.17. The van der Waals surface area contributed by atoms with Crippen LogP contribution in [0.4, 0.5) is 0 Å². The normalized spacial score (nSPS) is 12.0. The summed E-state index contributed by atoms with van der Waals surface area (Å²) in [5.74, 6) is -0.701. The molecule has 6 nitrogen and oxygen atoms in total. The monoisotopic (exact) mass is 342 g/mol. The van der Waals surface area contributed by atoms with E-state index in [-0.39, 0.29) is 12.2 Å². The van der Waals surface area contributed by atoms with Gasteiger partial charge in [-0.1, -0.05) is 12.1 Å². The van der Waals surface area contributed by atoms with Gasteiger partial charge >= 0.3 is 5.97 Å². The van der Waals surface area contributed by atoms with Gasteiger partial charge in [0.2, 0.25) is 0 Å². The summed E-state index contributed by atoms with van der Waals surface area (Å²) in [6, 6.07) is 6.76. The fourth-order valence-corrected chi connectivity index (χ4v) is 2.02. The second-order valence-electron chi connectivity index (χ2n) is 6.20. The third kappa shape index (κ3) is 8.47. The Morgan fingerprint density at radius 1 is 1.09 bits per heavy atom. The number of rotatable bonds is 7. The number of hydrogen-bond acceptors (Lipinski definition) is 6. The topological polar surface area (TPSA) is 86.7 Å². The number of carbonyl (C=O) groups is 2. The van der Waals surface area contributed by atoms with Crippen molar-refractivity contribution in [1.82, 2.24) is 0 Å². The first-order valence-electron chi connectivity index (χ1n) is 7.15. The average Bonchev–Trinajstić information content (AvgIpc) is 2.41. The first-order valence-corrected chi connectivity index (χ1v) is 8.96. The van der Waals surface area contributed by atoms with Crippen molar-refractivity contribution in [1.29, 1.82) is 0 Å². The van der Waals surface area contributed by atoms with E-state index in [1.54, 1.807) is 45.0 Å². The van der Waals surface area contributed by atoms with E-state index >= 15 is 0 Å². The number of Topliss-reactive ketones (excluding diaryl/α,β-unsaturated/α-hetero) is 1. The third-order valence-corrected chi connectivity index (χ3v) is 3.26. The summed E-state index contributed by atoms with van der Waals surface area (Å²) in [7, 11) is -3.60. The van der Waals surface area contributed by atoms with Gasteiger partial charge in [-0.15, -0.1) is 0 Å². The highest BCUT2D eigenvalue weighted by Crippen LogP contribution is 2.13. The molecule has 0 saturated heterocycles. The number of ether oxygens (including phenoxy) is 1. The number of aryl methyl sites for hydroxylation is 1. The number of benzene rings is 1. The summed E-state index contributed by atoms with van der Waals surface area (Å²) in [4.78, 5) is 23.4. The van der Waals surface area contributed by atoms with E-state index in [0.29, 0.717) is 12.0 Å². The average molecular weight is 342 g/mol. The molecule has 128 valence electrons. The smallest absolute Gasteiger partial charge is 0.338 e. The summed E-state index contributed by atoms with van der Waals surface area (Å²) in [6.07, 6.45) is 1.51. The fourth-order valence-electron chi connectivity index (χ4n) is 1.67. The van der Waals surface area contributed by atoms with Gasteiger partial charge in [0.05, 0.1) is 11.8 Å². The minimum absolute atomic E-state index is 0.168. The van der Waals surface area contributed by atoms with E-state index in [0.717, 1.165) is 11.8 Å². The van der Waals surface area contributed by atoms with Gasteiger partial charge in [0.15, 0.2) is 5.78 Å². The Morgan fingerprint density at radius 2 is 1.65 bits per heavy atom. The lowest BCUT2D eigenvalue weighted by Crippen LogP contribution is -2.23. The second-order valence-corrected chi connectivity index (χ2v) is 7.85. The molecule has 0 unspecified atom stereocenters. The van der Waals surface area contributed by atoms with Gasteiger partial charge in [-0.2, -0.15) is 8.42 Å². The van der Waals surface area contributed by atoms with E-state index in [1.807, 2.05) is 0 Å². The van der Waals surface area contributed by atoms with Gasteiger partial charge < -0.3 is 4.74 Å². The lowest BCUT2D eigenvalue weighted by Gasteiger charge is -2.19. The molecule has 0 aromatic heterocycles. The summed E-state index contributed by atoms with van der Waals surface area (Å²) in [5.41, 5.74) is 0.752. The van der Waals surface area contributed by atoms with Crippen molar-refractivity contribution in [3.63, 3.8) is 0 Å². The van der Waals surface area contributed by atoms with E-state index < -0.39 is 28.3 Å². The standard InChI is InChI=1S/C16H22O6S/c1-16(2,3)22-15(18)13-8-5-12(6-9-13)7-10-14(17)11-21-23(4,19)20/h5-6,8-9H,7,10-11H2,1-4H3. The molecule has 0 spiro atoms. The molecular weight excluding hydrogens is 320 g/mol. The van der Waals surface area contributed by atoms with Crippen LogP contribution in [-0.2, 0) is 30.3 Å². The van der Waals surface area contributed by atoms with E-state index in [4.69, 9.17) is 4.74 Å². The van der Waals surface area contributed by atoms with E-state index in [1.165, 1.54) is 0 Å². The van der Waals surface area contributed by atoms with Crippen LogP contribution in [0.1, 0.15) is 43.1 Å². The number of ketones is 1. The Morgan fingerprint density at radius 3 is 2.13 bits per heavy atom. The third-order valence-electron chi connectivity index (χ3n) is 2.72. The van der Waals surface area contributed by atoms with Crippen molar-refractivity contribution < 1.29 is 26.9 Å². The number of carbonyl (C=O) groups excluding carboxylic acids is 2. The molecule has 0 saturated carbocycles. The SMILES string of the molecule is CC(C)(C)OC(=O)c1ccc(CCC(=O)COS(C)(=O)=O)cc1. The molecule has 1 rings (SSSR count). The lowest BCUT2D eigenvalue weighted by atomic mass is 10.1. The maximum atomic E-state index is 11.9. The first-order chi connectivity index (χ1) is 10.5. The zero-order valence-corrected chi connectivity index (χ0v) is 14.6. The summed E-state index contributed by atoms with van der Waals surface area (Å²) < 4.78 is 31.3. The maximum absolute atomic E-state index is 11.9. The highest BCUT2D eigenvalue weighted by molar-refractivity contribution is 7.86. The summed E-state index contributed by atoms with van der Waals surface area (Å²) in [6.45, 7) is 4.94. The van der Waals surface area contributed by atoms with Crippen LogP contribution in [0, 0.1) is 0 Å². The lowest BCUT2D eigenvalue weighted by molar-refractivity contribution is -0.120. The molecule has 23 heavy (non-hydrogen) atoms. The van der Waals surface area contributed by atoms with Gasteiger partial charge in [-0.3, -0.25) is 8.98 Å². The molecule has 0 amide bonds. The number of esters is 1. The molecule has 0 bridgehead atoms. The molecule has 0 heterocycles. The summed E-state index contributed by atoms with van der Waals surface area (Å²) in [5, 5.41) is 0. The predicted molar refractivity (Wildman–Crippen MR) is 85.7 cm³/mol. The Hall–Kier alpha value is -1.73. The Kier molecular flexibility index (Phi) is 6.47. The van der Waals surface area contributed by atoms with Gasteiger partial charge in [-0.05, 0) is 44.9 Å². The predicted octanol–water partition coefficient (Wildman–Crippen LogP) is 2.12. The van der Waals surface area contributed by atoms with Crippen molar-refractivity contribution in [3.8, 4) is 0 Å². The molecule has 0 N–H and O–H groups in total. The number of hydrogen-bond donors (Lipinski definition) is 0. The van der Waals surface area contributed by atoms with Crippen LogP contribution in [0.3, 0.4) is 0 Å². The van der Waals surface area contributed by atoms with Crippen LogP contribution in [0.25, 0.3) is 0 Å². The van der Waals surface area contributed by atoms with Crippen LogP contribution in [0.5, 0.6) is 0 Å². The Balaban J connectivity index is 2.51. The minimum atomic E-state index is -3.60. The van der Waals surface area contributed by atoms with Crippen molar-refractivity contribution in [2.75, 3.05) is 12.9 Å². The van der Waals surface area contributed by atoms with E-state index in [9.17, 15) is 18.0 Å². The van der Waals surface area contributed by atoms with Gasteiger partial charge in [-0.25, -0.2) is 4.79 Å². The molecule has 0 fully saturated rings. The van der Waals surface area contributed by atoms with Crippen LogP contribution in [-0.4, -0.2) is 38.6 Å². The van der Waals surface area contributed by atoms with Crippen LogP contribution < -0.4 is 0 Å². The Labute approximate surface area is 136 Å². The molecule has 0 aliphatic rings. The molecule has 7 heteroatoms. The fraction of sp³-hybridized carbons (Fsp3) is 0.500. The van der Waals surface area contributed by atoms with Gasteiger partial charge in [0, 0.05) is 6.42 Å². The molecule has 1 aromatic carbocycles. The minimum Gasteiger partial charge on any atom is -0.456 e. The van der Waals surface area contributed by atoms with Crippen LogP contribution >= 0.6 is 0 Å². The Bertz CT molecular complexity index is 653. The van der Waals surface area contributed by atoms with Crippen molar-refractivity contribution in [2.24, 2.45) is 0 Å². The van der Waals surface area contributed by atoms with E-state index in [2.05, 4.69) is 4.18 Å². The molecule has 0 atom stereocenters. The molecule has 1 aromatic rings. The van der Waals surface area contributed by atoms with Crippen LogP contribution in [0.2, 0.25) is 0 Å². The van der Waals surface area contributed by atoms with Crippen molar-refractivity contribution in [3.05, 3.63) is 35.4 Å². The highest BCUT2D eigenvalue weighted by atomic mass is 32.2. The quantitative estimate of drug-likeness (QED) is 0.557. The first kappa shape index (κ1) is 19.3. The molecule has 0 aliphatic carbocycles. The van der Waals surface area contributed by atoms with Gasteiger partial charge in [0.1, 0.15) is 12.2 Å². The zero-order valence-electron chi connectivity index (χ0n) is 13.8. The summed E-state index contributed by atoms with van der Waals surface area (Å²) >= 11 is 0. The van der Waals surface area contributed by atoms with Gasteiger partial charge in [0.25, 0.3) is 10.1 Å². The zero-order chi connectivity index (χ0) is 17.7. The van der Waals surface area contributed by atoms with Crippen LogP contribution in [0.15, 0.2) is 24.3 Å². The van der Waals surface area contributed by atoms with Crippen molar-refractivity contribution in [2.45, 2.75) is 39.2 Å². The maximum Gasteiger partial charge on any atom is 0.338 e.